The highest BCUT2D eigenvalue weighted by atomic mass is 16.2. The van der Waals surface area contributed by atoms with Gasteiger partial charge in [-0.25, -0.2) is 0 Å². The average molecular weight is 345 g/mol. The highest BCUT2D eigenvalue weighted by molar-refractivity contribution is 5.84. The Hall–Kier alpha value is -2.11. The Balaban J connectivity index is 1.96. The average Bonchev–Trinajstić information content (AvgIpc) is 3.10. The van der Waals surface area contributed by atoms with Crippen LogP contribution < -0.4 is 10.6 Å². The fourth-order valence-corrected chi connectivity index (χ4v) is 3.39. The molecular weight excluding hydrogens is 314 g/mol. The number of aromatic nitrogens is 1. The van der Waals surface area contributed by atoms with E-state index in [0.717, 1.165) is 56.8 Å². The maximum Gasteiger partial charge on any atom is 0.230 e. The first-order valence-corrected chi connectivity index (χ1v) is 9.21. The standard InChI is InChI=1S/C19H31N5O/c1-4-20-18(22-14-10-16-9-5-8-13-21-16)23-15-19(11-6-7-12-19)17(25)24(2)3/h5,8-9,13H,4,6-7,10-12,14-15H2,1-3H3,(H2,20,22,23). The highest BCUT2D eigenvalue weighted by Gasteiger charge is 2.41. The molecule has 1 aliphatic carbocycles. The van der Waals surface area contributed by atoms with Crippen molar-refractivity contribution in [3.05, 3.63) is 30.1 Å². The van der Waals surface area contributed by atoms with E-state index in [2.05, 4.69) is 15.6 Å². The van der Waals surface area contributed by atoms with Crippen molar-refractivity contribution in [2.24, 2.45) is 10.4 Å². The van der Waals surface area contributed by atoms with Crippen LogP contribution in [0.25, 0.3) is 0 Å². The van der Waals surface area contributed by atoms with Crippen LogP contribution in [0.4, 0.5) is 0 Å². The van der Waals surface area contributed by atoms with Crippen LogP contribution >= 0.6 is 0 Å². The normalized spacial score (nSPS) is 16.5. The molecule has 0 bridgehead atoms. The van der Waals surface area contributed by atoms with Crippen molar-refractivity contribution in [3.8, 4) is 0 Å². The number of carbonyl (C=O) groups excluding carboxylic acids is 1. The molecule has 0 aromatic carbocycles. The van der Waals surface area contributed by atoms with Crippen LogP contribution in [-0.4, -0.2) is 55.5 Å². The minimum atomic E-state index is -0.327. The molecule has 25 heavy (non-hydrogen) atoms. The summed E-state index contributed by atoms with van der Waals surface area (Å²) >= 11 is 0. The Bertz CT molecular complexity index is 564. The number of amides is 1. The summed E-state index contributed by atoms with van der Waals surface area (Å²) in [6.07, 6.45) is 6.73. The fourth-order valence-electron chi connectivity index (χ4n) is 3.39. The number of carbonyl (C=O) groups is 1. The number of guanidine groups is 1. The molecule has 0 aliphatic heterocycles. The molecule has 1 heterocycles. The largest absolute Gasteiger partial charge is 0.357 e. The Labute approximate surface area is 151 Å². The van der Waals surface area contributed by atoms with Crippen molar-refractivity contribution in [2.45, 2.75) is 39.0 Å². The summed E-state index contributed by atoms with van der Waals surface area (Å²) in [4.78, 5) is 23.4. The molecule has 1 aliphatic rings. The van der Waals surface area contributed by atoms with Gasteiger partial charge in [0.2, 0.25) is 5.91 Å². The second kappa shape index (κ2) is 9.39. The van der Waals surface area contributed by atoms with Crippen molar-refractivity contribution in [1.29, 1.82) is 0 Å². The van der Waals surface area contributed by atoms with Gasteiger partial charge >= 0.3 is 0 Å². The topological polar surface area (TPSA) is 69.6 Å². The van der Waals surface area contributed by atoms with Gasteiger partial charge in [0.05, 0.1) is 12.0 Å². The van der Waals surface area contributed by atoms with Gasteiger partial charge in [0.1, 0.15) is 0 Å². The molecule has 0 atom stereocenters. The quantitative estimate of drug-likeness (QED) is 0.584. The zero-order chi connectivity index (χ0) is 18.1. The number of nitrogens with zero attached hydrogens (tertiary/aromatic N) is 3. The number of nitrogens with one attached hydrogen (secondary N) is 2. The van der Waals surface area contributed by atoms with Gasteiger partial charge < -0.3 is 15.5 Å². The van der Waals surface area contributed by atoms with E-state index in [1.807, 2.05) is 45.4 Å². The summed E-state index contributed by atoms with van der Waals surface area (Å²) in [5.74, 6) is 0.981. The molecule has 0 saturated heterocycles. The van der Waals surface area contributed by atoms with Gasteiger partial charge in [-0.05, 0) is 31.9 Å². The summed E-state index contributed by atoms with van der Waals surface area (Å²) in [5.41, 5.74) is 0.730. The summed E-state index contributed by atoms with van der Waals surface area (Å²) in [6, 6.07) is 5.94. The van der Waals surface area contributed by atoms with Crippen LogP contribution in [0.1, 0.15) is 38.3 Å². The maximum atomic E-state index is 12.6. The third kappa shape index (κ3) is 5.44. The van der Waals surface area contributed by atoms with Crippen molar-refractivity contribution in [1.82, 2.24) is 20.5 Å². The molecule has 2 N–H and O–H groups in total. The van der Waals surface area contributed by atoms with Crippen molar-refractivity contribution < 1.29 is 4.79 Å². The minimum Gasteiger partial charge on any atom is -0.357 e. The zero-order valence-electron chi connectivity index (χ0n) is 15.7. The molecule has 6 heteroatoms. The van der Waals surface area contributed by atoms with E-state index in [0.29, 0.717) is 6.54 Å². The van der Waals surface area contributed by atoms with Crippen LogP contribution in [0.15, 0.2) is 29.4 Å². The molecule has 6 nitrogen and oxygen atoms in total. The van der Waals surface area contributed by atoms with Gasteiger partial charge in [-0.15, -0.1) is 0 Å². The SMILES string of the molecule is CCNC(=NCC1(C(=O)N(C)C)CCCC1)NCCc1ccccn1. The Morgan fingerprint density at radius 2 is 2.04 bits per heavy atom. The fraction of sp³-hybridized carbons (Fsp3) is 0.632. The molecule has 138 valence electrons. The molecule has 0 radical (unpaired) electrons. The van der Waals surface area contributed by atoms with E-state index < -0.39 is 0 Å². The second-order valence-corrected chi connectivity index (χ2v) is 6.88. The van der Waals surface area contributed by atoms with Gasteiger partial charge in [0.15, 0.2) is 5.96 Å². The van der Waals surface area contributed by atoms with Gasteiger partial charge in [-0.3, -0.25) is 14.8 Å². The first-order chi connectivity index (χ1) is 12.1. The molecule has 1 fully saturated rings. The summed E-state index contributed by atoms with van der Waals surface area (Å²) in [7, 11) is 3.67. The van der Waals surface area contributed by atoms with E-state index in [1.165, 1.54) is 0 Å². The molecule has 1 aromatic heterocycles. The number of hydrogen-bond acceptors (Lipinski definition) is 3. The van der Waals surface area contributed by atoms with Crippen LogP contribution in [0.5, 0.6) is 0 Å². The molecule has 0 unspecified atom stereocenters. The Morgan fingerprint density at radius 1 is 1.28 bits per heavy atom. The van der Waals surface area contributed by atoms with Crippen molar-refractivity contribution in [2.75, 3.05) is 33.7 Å². The highest BCUT2D eigenvalue weighted by Crippen LogP contribution is 2.39. The molecule has 0 spiro atoms. The Kier molecular flexibility index (Phi) is 7.22. The van der Waals surface area contributed by atoms with E-state index in [1.54, 1.807) is 4.90 Å². The lowest BCUT2D eigenvalue weighted by Gasteiger charge is -2.29. The molecule has 1 aromatic rings. The van der Waals surface area contributed by atoms with E-state index in [9.17, 15) is 4.79 Å². The van der Waals surface area contributed by atoms with Gasteiger partial charge in [0.25, 0.3) is 0 Å². The lowest BCUT2D eigenvalue weighted by Crippen LogP contribution is -2.43. The number of aliphatic imine (C=N–C) groups is 1. The summed E-state index contributed by atoms with van der Waals surface area (Å²) in [6.45, 7) is 4.15. The summed E-state index contributed by atoms with van der Waals surface area (Å²) in [5, 5.41) is 6.62. The van der Waals surface area contributed by atoms with E-state index in [-0.39, 0.29) is 11.3 Å². The molecule has 1 amide bonds. The van der Waals surface area contributed by atoms with E-state index >= 15 is 0 Å². The van der Waals surface area contributed by atoms with Gasteiger partial charge in [0, 0.05) is 45.5 Å². The van der Waals surface area contributed by atoms with Gasteiger partial charge in [-0.2, -0.15) is 0 Å². The van der Waals surface area contributed by atoms with Crippen molar-refractivity contribution in [3.63, 3.8) is 0 Å². The van der Waals surface area contributed by atoms with Crippen LogP contribution in [0.3, 0.4) is 0 Å². The predicted octanol–water partition coefficient (Wildman–Crippen LogP) is 1.83. The smallest absolute Gasteiger partial charge is 0.230 e. The maximum absolute atomic E-state index is 12.6. The predicted molar refractivity (Wildman–Crippen MR) is 102 cm³/mol. The lowest BCUT2D eigenvalue weighted by molar-refractivity contribution is -0.138. The van der Waals surface area contributed by atoms with Crippen LogP contribution in [-0.2, 0) is 11.2 Å². The third-order valence-electron chi connectivity index (χ3n) is 4.70. The third-order valence-corrected chi connectivity index (χ3v) is 4.70. The van der Waals surface area contributed by atoms with Crippen LogP contribution in [0.2, 0.25) is 0 Å². The van der Waals surface area contributed by atoms with E-state index in [4.69, 9.17) is 4.99 Å². The molecule has 2 rings (SSSR count). The van der Waals surface area contributed by atoms with Gasteiger partial charge in [-0.1, -0.05) is 18.9 Å². The zero-order valence-corrected chi connectivity index (χ0v) is 15.7. The lowest BCUT2D eigenvalue weighted by atomic mass is 9.85. The number of rotatable bonds is 7. The molecular formula is C19H31N5O. The summed E-state index contributed by atoms with van der Waals surface area (Å²) < 4.78 is 0. The number of hydrogen-bond donors (Lipinski definition) is 2. The Morgan fingerprint density at radius 3 is 2.64 bits per heavy atom. The molecule has 1 saturated carbocycles. The first kappa shape index (κ1) is 19.2. The number of pyridine rings is 1. The second-order valence-electron chi connectivity index (χ2n) is 6.88. The van der Waals surface area contributed by atoms with Crippen molar-refractivity contribution >= 4 is 11.9 Å². The first-order valence-electron chi connectivity index (χ1n) is 9.21. The minimum absolute atomic E-state index is 0.207. The van der Waals surface area contributed by atoms with Crippen LogP contribution in [0, 0.1) is 5.41 Å². The monoisotopic (exact) mass is 345 g/mol.